The second kappa shape index (κ2) is 5.06. The largest absolute Gasteiger partial charge is 0.325 e. The smallest absolute Gasteiger partial charge is 0.228 e. The van der Waals surface area contributed by atoms with E-state index < -0.39 is 5.82 Å². The molecule has 0 atom stereocenters. The molecule has 1 aromatic carbocycles. The summed E-state index contributed by atoms with van der Waals surface area (Å²) in [5.41, 5.74) is 1.27. The third-order valence-electron chi connectivity index (χ3n) is 2.38. The minimum atomic E-state index is -0.517. The van der Waals surface area contributed by atoms with Crippen molar-refractivity contribution in [3.63, 3.8) is 0 Å². The summed E-state index contributed by atoms with van der Waals surface area (Å²) in [7, 11) is 0. The van der Waals surface area contributed by atoms with Crippen molar-refractivity contribution in [1.82, 2.24) is 5.32 Å². The lowest BCUT2D eigenvalue weighted by molar-refractivity contribution is -0.115. The zero-order chi connectivity index (χ0) is 13.1. The SMILES string of the molecule is CSC(=Nc1cc2c(cc1F)CC(=O)N2)NC#N. The highest BCUT2D eigenvalue weighted by molar-refractivity contribution is 8.13. The molecular formula is C11H9FN4OS. The second-order valence-electron chi connectivity index (χ2n) is 3.54. The average Bonchev–Trinajstić information content (AvgIpc) is 2.68. The van der Waals surface area contributed by atoms with E-state index in [0.29, 0.717) is 16.4 Å². The molecule has 2 rings (SSSR count). The summed E-state index contributed by atoms with van der Waals surface area (Å²) < 4.78 is 13.7. The van der Waals surface area contributed by atoms with Gasteiger partial charge in [-0.05, 0) is 24.0 Å². The molecule has 18 heavy (non-hydrogen) atoms. The van der Waals surface area contributed by atoms with Gasteiger partial charge in [-0.15, -0.1) is 0 Å². The first-order valence-electron chi connectivity index (χ1n) is 5.04. The number of fused-ring (bicyclic) bond motifs is 1. The van der Waals surface area contributed by atoms with Crippen LogP contribution in [0.4, 0.5) is 15.8 Å². The molecule has 1 aliphatic rings. The van der Waals surface area contributed by atoms with Gasteiger partial charge in [-0.1, -0.05) is 11.8 Å². The predicted molar refractivity (Wildman–Crippen MR) is 68.1 cm³/mol. The van der Waals surface area contributed by atoms with Crippen LogP contribution in [0.2, 0.25) is 0 Å². The van der Waals surface area contributed by atoms with Gasteiger partial charge in [-0.2, -0.15) is 5.26 Å². The van der Waals surface area contributed by atoms with E-state index in [2.05, 4.69) is 15.6 Å². The van der Waals surface area contributed by atoms with Crippen molar-refractivity contribution in [3.8, 4) is 6.19 Å². The number of carbonyl (C=O) groups is 1. The van der Waals surface area contributed by atoms with Gasteiger partial charge in [0.15, 0.2) is 11.4 Å². The minimum absolute atomic E-state index is 0.0862. The summed E-state index contributed by atoms with van der Waals surface area (Å²) in [6.07, 6.45) is 3.63. The molecule has 0 bridgehead atoms. The number of nitrogens with zero attached hydrogens (tertiary/aromatic N) is 2. The molecule has 1 aromatic rings. The summed E-state index contributed by atoms with van der Waals surface area (Å²) in [5.74, 6) is -0.678. The van der Waals surface area contributed by atoms with E-state index in [0.717, 1.165) is 0 Å². The van der Waals surface area contributed by atoms with Crippen molar-refractivity contribution in [2.75, 3.05) is 11.6 Å². The molecule has 0 radical (unpaired) electrons. The molecule has 0 spiro atoms. The Morgan fingerprint density at radius 1 is 1.67 bits per heavy atom. The highest BCUT2D eigenvalue weighted by Crippen LogP contribution is 2.30. The molecule has 0 fully saturated rings. The Bertz CT molecular complexity index is 579. The number of amides is 1. The monoisotopic (exact) mass is 264 g/mol. The first-order chi connectivity index (χ1) is 8.63. The number of nitriles is 1. The molecule has 2 N–H and O–H groups in total. The van der Waals surface area contributed by atoms with E-state index in [4.69, 9.17) is 5.26 Å². The summed E-state index contributed by atoms with van der Waals surface area (Å²) in [5, 5.41) is 13.8. The van der Waals surface area contributed by atoms with Gasteiger partial charge >= 0.3 is 0 Å². The van der Waals surface area contributed by atoms with Gasteiger partial charge in [0.2, 0.25) is 5.91 Å². The molecule has 0 saturated heterocycles. The number of carbonyl (C=O) groups excluding carboxylic acids is 1. The van der Waals surface area contributed by atoms with Crippen molar-refractivity contribution in [2.45, 2.75) is 6.42 Å². The minimum Gasteiger partial charge on any atom is -0.325 e. The Morgan fingerprint density at radius 2 is 2.44 bits per heavy atom. The number of halogens is 1. The third-order valence-corrected chi connectivity index (χ3v) is 2.96. The topological polar surface area (TPSA) is 77.3 Å². The van der Waals surface area contributed by atoms with E-state index >= 15 is 0 Å². The fourth-order valence-electron chi connectivity index (χ4n) is 1.60. The van der Waals surface area contributed by atoms with Crippen molar-refractivity contribution in [2.24, 2.45) is 4.99 Å². The number of hydrogen-bond donors (Lipinski definition) is 2. The van der Waals surface area contributed by atoms with Crippen molar-refractivity contribution < 1.29 is 9.18 Å². The van der Waals surface area contributed by atoms with E-state index in [9.17, 15) is 9.18 Å². The fraction of sp³-hybridized carbons (Fsp3) is 0.182. The molecule has 0 saturated carbocycles. The first kappa shape index (κ1) is 12.4. The maximum absolute atomic E-state index is 13.7. The summed E-state index contributed by atoms with van der Waals surface area (Å²) in [6.45, 7) is 0. The fourth-order valence-corrected chi connectivity index (χ4v) is 1.94. The highest BCUT2D eigenvalue weighted by atomic mass is 32.2. The molecule has 5 nitrogen and oxygen atoms in total. The van der Waals surface area contributed by atoms with Gasteiger partial charge < -0.3 is 5.32 Å². The van der Waals surface area contributed by atoms with Crippen LogP contribution in [0.1, 0.15) is 5.56 Å². The quantitative estimate of drug-likeness (QED) is 0.350. The number of anilines is 1. The molecule has 1 heterocycles. The first-order valence-corrected chi connectivity index (χ1v) is 6.26. The van der Waals surface area contributed by atoms with Gasteiger partial charge in [-0.25, -0.2) is 9.38 Å². The van der Waals surface area contributed by atoms with E-state index in [1.165, 1.54) is 23.9 Å². The standard InChI is InChI=1S/C11H9FN4OS/c1-18-11(14-5-13)16-9-4-8-6(2-7(9)12)3-10(17)15-8/h2,4H,3H2,1H3,(H,14,16)(H,15,17). The molecule has 0 aliphatic carbocycles. The lowest BCUT2D eigenvalue weighted by atomic mass is 10.1. The Labute approximate surface area is 107 Å². The van der Waals surface area contributed by atoms with E-state index in [1.54, 1.807) is 12.4 Å². The Balaban J connectivity index is 2.38. The van der Waals surface area contributed by atoms with Gasteiger partial charge in [0, 0.05) is 5.69 Å². The maximum atomic E-state index is 13.7. The van der Waals surface area contributed by atoms with Crippen molar-refractivity contribution in [1.29, 1.82) is 5.26 Å². The van der Waals surface area contributed by atoms with Gasteiger partial charge in [0.05, 0.1) is 6.42 Å². The average molecular weight is 264 g/mol. The van der Waals surface area contributed by atoms with Crippen LogP contribution in [-0.2, 0) is 11.2 Å². The lowest BCUT2D eigenvalue weighted by Gasteiger charge is -2.04. The highest BCUT2D eigenvalue weighted by Gasteiger charge is 2.20. The normalized spacial score (nSPS) is 13.8. The van der Waals surface area contributed by atoms with E-state index in [1.807, 2.05) is 0 Å². The molecular weight excluding hydrogens is 255 g/mol. The van der Waals surface area contributed by atoms with Crippen LogP contribution in [0.15, 0.2) is 17.1 Å². The Hall–Kier alpha value is -2.07. The summed E-state index contributed by atoms with van der Waals surface area (Å²) in [6, 6.07) is 2.75. The maximum Gasteiger partial charge on any atom is 0.228 e. The van der Waals surface area contributed by atoms with Crippen LogP contribution in [-0.4, -0.2) is 17.3 Å². The third kappa shape index (κ3) is 2.43. The number of hydrogen-bond acceptors (Lipinski definition) is 4. The molecule has 7 heteroatoms. The molecule has 0 unspecified atom stereocenters. The van der Waals surface area contributed by atoms with Crippen molar-refractivity contribution in [3.05, 3.63) is 23.5 Å². The lowest BCUT2D eigenvalue weighted by Crippen LogP contribution is -2.12. The second-order valence-corrected chi connectivity index (χ2v) is 4.34. The van der Waals surface area contributed by atoms with Crippen LogP contribution in [0.5, 0.6) is 0 Å². The van der Waals surface area contributed by atoms with Crippen LogP contribution in [0, 0.1) is 17.3 Å². The molecule has 0 aromatic heterocycles. The van der Waals surface area contributed by atoms with Crippen LogP contribution < -0.4 is 10.6 Å². The number of nitrogens with one attached hydrogen (secondary N) is 2. The number of thioether (sulfide) groups is 1. The number of aliphatic imine (C=N–C) groups is 1. The van der Waals surface area contributed by atoms with Crippen LogP contribution in [0.3, 0.4) is 0 Å². The van der Waals surface area contributed by atoms with E-state index in [-0.39, 0.29) is 18.0 Å². The zero-order valence-corrected chi connectivity index (χ0v) is 10.3. The van der Waals surface area contributed by atoms with Gasteiger partial charge in [-0.3, -0.25) is 10.1 Å². The predicted octanol–water partition coefficient (Wildman–Crippen LogP) is 1.74. The van der Waals surface area contributed by atoms with Crippen LogP contribution >= 0.6 is 11.8 Å². The van der Waals surface area contributed by atoms with Gasteiger partial charge in [0.1, 0.15) is 11.5 Å². The number of rotatable bonds is 1. The van der Waals surface area contributed by atoms with Crippen molar-refractivity contribution >= 4 is 34.2 Å². The summed E-state index contributed by atoms with van der Waals surface area (Å²) >= 11 is 1.19. The molecule has 1 amide bonds. The Kier molecular flexibility index (Phi) is 3.48. The molecule has 92 valence electrons. The summed E-state index contributed by atoms with van der Waals surface area (Å²) in [4.78, 5) is 15.2. The molecule has 1 aliphatic heterocycles. The Morgan fingerprint density at radius 3 is 3.11 bits per heavy atom. The number of amidine groups is 1. The van der Waals surface area contributed by atoms with Gasteiger partial charge in [0.25, 0.3) is 0 Å². The van der Waals surface area contributed by atoms with Crippen LogP contribution in [0.25, 0.3) is 0 Å². The zero-order valence-electron chi connectivity index (χ0n) is 9.45. The number of benzene rings is 1.